The first kappa shape index (κ1) is 20.7. The summed E-state index contributed by atoms with van der Waals surface area (Å²) in [4.78, 5) is 25.9. The molecule has 1 heterocycles. The van der Waals surface area contributed by atoms with Gasteiger partial charge in [0.1, 0.15) is 5.69 Å². The Balaban J connectivity index is 1.83. The number of sulfonamides is 1. The van der Waals surface area contributed by atoms with Gasteiger partial charge in [0.2, 0.25) is 10.9 Å². The van der Waals surface area contributed by atoms with Crippen LogP contribution in [0.15, 0.2) is 40.0 Å². The Kier molecular flexibility index (Phi) is 6.01. The van der Waals surface area contributed by atoms with Crippen molar-refractivity contribution in [1.82, 2.24) is 9.78 Å². The summed E-state index contributed by atoms with van der Waals surface area (Å²) >= 11 is 3.34. The van der Waals surface area contributed by atoms with Crippen molar-refractivity contribution in [2.75, 3.05) is 5.32 Å². The summed E-state index contributed by atoms with van der Waals surface area (Å²) in [6, 6.07) is 7.05. The molecule has 8 nitrogen and oxygen atoms in total. The normalized spacial score (nSPS) is 20.0. The van der Waals surface area contributed by atoms with Gasteiger partial charge >= 0.3 is 0 Å². The molecule has 3 rings (SSSR count). The van der Waals surface area contributed by atoms with Crippen LogP contribution in [0.2, 0.25) is 0 Å². The second-order valence-electron chi connectivity index (χ2n) is 6.92. The maximum Gasteiger partial charge on any atom is 0.259 e. The molecule has 0 unspecified atom stereocenters. The number of nitrogens with two attached hydrogens (primary N) is 1. The summed E-state index contributed by atoms with van der Waals surface area (Å²) in [6.07, 6.45) is 4.25. The van der Waals surface area contributed by atoms with Crippen molar-refractivity contribution in [3.63, 3.8) is 0 Å². The lowest BCUT2D eigenvalue weighted by Gasteiger charge is -2.29. The number of primary sulfonamides is 1. The Hall–Kier alpha value is -2.04. The fourth-order valence-corrected chi connectivity index (χ4v) is 4.49. The van der Waals surface area contributed by atoms with Gasteiger partial charge in [0.25, 0.3) is 10.0 Å². The van der Waals surface area contributed by atoms with Gasteiger partial charge in [0, 0.05) is 35.1 Å². The highest BCUT2D eigenvalue weighted by Gasteiger charge is 2.36. The van der Waals surface area contributed by atoms with Crippen LogP contribution in [0, 0.1) is 11.8 Å². The Morgan fingerprint density at radius 3 is 2.39 bits per heavy atom. The average molecular weight is 469 g/mol. The molecule has 1 aliphatic carbocycles. The number of ketones is 1. The number of aromatic nitrogens is 2. The minimum atomic E-state index is -4.08. The Labute approximate surface area is 171 Å². The average Bonchev–Trinajstić information content (AvgIpc) is 3.02. The number of carbonyl (C=O) groups excluding carboxylic acids is 2. The number of nitrogens with one attached hydrogen (secondary N) is 1. The molecule has 1 aliphatic rings. The highest BCUT2D eigenvalue weighted by atomic mass is 79.9. The summed E-state index contributed by atoms with van der Waals surface area (Å²) in [5.41, 5.74) is 0.579. The number of Topliss-reactive ketones (excluding diaryl/α,β-unsaturated/α-hetero) is 1. The molecule has 0 saturated heterocycles. The minimum absolute atomic E-state index is 0.0235. The number of halogens is 1. The summed E-state index contributed by atoms with van der Waals surface area (Å²) in [6.45, 7) is 0. The van der Waals surface area contributed by atoms with Crippen LogP contribution in [0.3, 0.4) is 0 Å². The van der Waals surface area contributed by atoms with Crippen LogP contribution in [0.25, 0.3) is 0 Å². The molecule has 0 bridgehead atoms. The Bertz CT molecular complexity index is 1000. The van der Waals surface area contributed by atoms with E-state index in [1.54, 1.807) is 24.3 Å². The zero-order chi connectivity index (χ0) is 20.5. The van der Waals surface area contributed by atoms with Crippen LogP contribution in [-0.4, -0.2) is 29.9 Å². The number of hydrogen-bond donors (Lipinski definition) is 2. The number of aryl methyl sites for hydroxylation is 1. The molecule has 28 heavy (non-hydrogen) atoms. The van der Waals surface area contributed by atoms with Gasteiger partial charge in [-0.2, -0.15) is 5.10 Å². The van der Waals surface area contributed by atoms with E-state index in [9.17, 15) is 18.0 Å². The summed E-state index contributed by atoms with van der Waals surface area (Å²) < 4.78 is 25.5. The number of benzene rings is 1. The second-order valence-corrected chi connectivity index (χ2v) is 9.32. The summed E-state index contributed by atoms with van der Waals surface area (Å²) in [5.74, 6) is -1.47. The Morgan fingerprint density at radius 2 is 1.79 bits per heavy atom. The van der Waals surface area contributed by atoms with Gasteiger partial charge in [-0.1, -0.05) is 40.9 Å². The van der Waals surface area contributed by atoms with E-state index in [1.165, 1.54) is 17.9 Å². The predicted octanol–water partition coefficient (Wildman–Crippen LogP) is 2.46. The van der Waals surface area contributed by atoms with E-state index in [-0.39, 0.29) is 11.5 Å². The zero-order valence-corrected chi connectivity index (χ0v) is 17.7. The highest BCUT2D eigenvalue weighted by Crippen LogP contribution is 2.34. The molecule has 1 amide bonds. The molecule has 1 aromatic heterocycles. The number of nitrogens with zero attached hydrogens (tertiary/aromatic N) is 2. The van der Waals surface area contributed by atoms with Crippen molar-refractivity contribution in [2.45, 2.75) is 30.7 Å². The van der Waals surface area contributed by atoms with E-state index >= 15 is 0 Å². The molecule has 10 heteroatoms. The van der Waals surface area contributed by atoms with E-state index in [1.807, 2.05) is 0 Å². The SMILES string of the molecule is Cn1cc(NC(=O)[C@@H]2CCCC[C@H]2C(=O)c2ccc(Br)cc2)c(S(N)(=O)=O)n1. The van der Waals surface area contributed by atoms with Gasteiger partial charge in [-0.3, -0.25) is 14.3 Å². The van der Waals surface area contributed by atoms with Gasteiger partial charge in [-0.25, -0.2) is 13.6 Å². The molecule has 0 spiro atoms. The summed E-state index contributed by atoms with van der Waals surface area (Å²) in [5, 5.41) is 11.2. The fourth-order valence-electron chi connectivity index (χ4n) is 3.58. The fraction of sp³-hybridized carbons (Fsp3) is 0.389. The van der Waals surface area contributed by atoms with Crippen LogP contribution in [-0.2, 0) is 21.9 Å². The summed E-state index contributed by atoms with van der Waals surface area (Å²) in [7, 11) is -2.55. The molecular formula is C18H21BrN4O4S. The van der Waals surface area contributed by atoms with Crippen LogP contribution in [0.1, 0.15) is 36.0 Å². The van der Waals surface area contributed by atoms with Crippen molar-refractivity contribution in [3.8, 4) is 0 Å². The largest absolute Gasteiger partial charge is 0.322 e. The van der Waals surface area contributed by atoms with Gasteiger partial charge in [-0.15, -0.1) is 0 Å². The molecule has 150 valence electrons. The van der Waals surface area contributed by atoms with E-state index in [4.69, 9.17) is 5.14 Å². The van der Waals surface area contributed by atoms with E-state index in [0.29, 0.717) is 18.4 Å². The van der Waals surface area contributed by atoms with E-state index in [0.717, 1.165) is 17.3 Å². The lowest BCUT2D eigenvalue weighted by Crippen LogP contribution is -2.36. The van der Waals surface area contributed by atoms with Crippen LogP contribution >= 0.6 is 15.9 Å². The molecule has 2 atom stereocenters. The maximum absolute atomic E-state index is 13.0. The molecule has 3 N–H and O–H groups in total. The second kappa shape index (κ2) is 8.14. The third kappa shape index (κ3) is 4.50. The number of rotatable bonds is 5. The predicted molar refractivity (Wildman–Crippen MR) is 107 cm³/mol. The van der Waals surface area contributed by atoms with Crippen molar-refractivity contribution in [1.29, 1.82) is 0 Å². The molecular weight excluding hydrogens is 448 g/mol. The molecule has 0 aliphatic heterocycles. The highest BCUT2D eigenvalue weighted by molar-refractivity contribution is 9.10. The number of amides is 1. The molecule has 1 saturated carbocycles. The molecule has 1 fully saturated rings. The maximum atomic E-state index is 13.0. The van der Waals surface area contributed by atoms with Crippen molar-refractivity contribution >= 4 is 43.3 Å². The topological polar surface area (TPSA) is 124 Å². The van der Waals surface area contributed by atoms with Crippen molar-refractivity contribution in [2.24, 2.45) is 24.0 Å². The van der Waals surface area contributed by atoms with E-state index in [2.05, 4.69) is 26.3 Å². The van der Waals surface area contributed by atoms with E-state index < -0.39 is 32.8 Å². The first-order chi connectivity index (χ1) is 13.2. The zero-order valence-electron chi connectivity index (χ0n) is 15.3. The number of anilines is 1. The van der Waals surface area contributed by atoms with Crippen LogP contribution in [0.4, 0.5) is 5.69 Å². The number of carbonyl (C=O) groups is 2. The molecule has 1 aromatic carbocycles. The van der Waals surface area contributed by atoms with Crippen LogP contribution in [0.5, 0.6) is 0 Å². The smallest absolute Gasteiger partial charge is 0.259 e. The van der Waals surface area contributed by atoms with Gasteiger partial charge in [0.15, 0.2) is 5.78 Å². The van der Waals surface area contributed by atoms with Crippen LogP contribution < -0.4 is 10.5 Å². The quantitative estimate of drug-likeness (QED) is 0.651. The van der Waals surface area contributed by atoms with Crippen molar-refractivity contribution in [3.05, 3.63) is 40.5 Å². The number of hydrogen-bond acceptors (Lipinski definition) is 5. The lowest BCUT2D eigenvalue weighted by atomic mass is 9.75. The first-order valence-corrected chi connectivity index (χ1v) is 11.2. The third-order valence-corrected chi connectivity index (χ3v) is 6.26. The molecule has 2 aromatic rings. The van der Waals surface area contributed by atoms with Gasteiger partial charge in [-0.05, 0) is 25.0 Å². The third-order valence-electron chi connectivity index (χ3n) is 4.89. The lowest BCUT2D eigenvalue weighted by molar-refractivity contribution is -0.122. The van der Waals surface area contributed by atoms with Crippen molar-refractivity contribution < 1.29 is 18.0 Å². The van der Waals surface area contributed by atoms with Gasteiger partial charge < -0.3 is 5.32 Å². The molecule has 0 radical (unpaired) electrons. The monoisotopic (exact) mass is 468 g/mol. The van der Waals surface area contributed by atoms with Gasteiger partial charge in [0.05, 0.1) is 0 Å². The minimum Gasteiger partial charge on any atom is -0.322 e. The first-order valence-electron chi connectivity index (χ1n) is 8.84. The Morgan fingerprint density at radius 1 is 1.18 bits per heavy atom. The standard InChI is InChI=1S/C18H21BrN4O4S/c1-23-10-15(18(22-23)28(20,26)27)21-17(25)14-5-3-2-4-13(14)16(24)11-6-8-12(19)9-7-11/h6-10,13-14H,2-5H2,1H3,(H,21,25)(H2,20,26,27)/t13-,14-/m1/s1.